The number of amides is 1. The third-order valence-corrected chi connectivity index (χ3v) is 4.36. The lowest BCUT2D eigenvalue weighted by Crippen LogP contribution is -2.25. The van der Waals surface area contributed by atoms with E-state index in [0.717, 1.165) is 6.08 Å². The SMILES string of the molecule is O=C(/C=C/c1nc2ccccc2o1)OC(C(=O)Nc1ccc(F)cc1)c1ccccc1. The van der Waals surface area contributed by atoms with Gasteiger partial charge in [-0.2, -0.15) is 0 Å². The van der Waals surface area contributed by atoms with Crippen LogP contribution in [-0.4, -0.2) is 16.9 Å². The van der Waals surface area contributed by atoms with E-state index in [2.05, 4.69) is 10.3 Å². The number of rotatable bonds is 6. The number of anilines is 1. The number of hydrogen-bond acceptors (Lipinski definition) is 5. The second-order valence-electron chi connectivity index (χ2n) is 6.58. The summed E-state index contributed by atoms with van der Waals surface area (Å²) in [5.41, 5.74) is 2.13. The highest BCUT2D eigenvalue weighted by Crippen LogP contribution is 2.21. The first kappa shape index (κ1) is 20.0. The number of carbonyl (C=O) groups is 2. The third-order valence-electron chi connectivity index (χ3n) is 4.36. The quantitative estimate of drug-likeness (QED) is 0.357. The van der Waals surface area contributed by atoms with Crippen LogP contribution in [0.4, 0.5) is 10.1 Å². The Balaban J connectivity index is 1.50. The molecule has 0 aliphatic heterocycles. The summed E-state index contributed by atoms with van der Waals surface area (Å²) in [6.07, 6.45) is 1.32. The molecule has 0 spiro atoms. The number of nitrogens with one attached hydrogen (secondary N) is 1. The molecule has 0 bridgehead atoms. The van der Waals surface area contributed by atoms with Crippen LogP contribution in [0.15, 0.2) is 89.4 Å². The molecule has 0 fully saturated rings. The molecule has 0 saturated carbocycles. The number of nitrogens with zero attached hydrogens (tertiary/aromatic N) is 1. The number of ether oxygens (including phenoxy) is 1. The van der Waals surface area contributed by atoms with Gasteiger partial charge in [0.1, 0.15) is 11.3 Å². The number of benzene rings is 3. The van der Waals surface area contributed by atoms with E-state index < -0.39 is 23.8 Å². The number of oxazole rings is 1. The summed E-state index contributed by atoms with van der Waals surface area (Å²) in [6.45, 7) is 0. The van der Waals surface area contributed by atoms with Crippen molar-refractivity contribution in [3.63, 3.8) is 0 Å². The van der Waals surface area contributed by atoms with Crippen molar-refractivity contribution < 1.29 is 23.1 Å². The predicted molar refractivity (Wildman–Crippen MR) is 113 cm³/mol. The lowest BCUT2D eigenvalue weighted by molar-refractivity contribution is -0.149. The second-order valence-corrected chi connectivity index (χ2v) is 6.58. The van der Waals surface area contributed by atoms with E-state index in [9.17, 15) is 14.0 Å². The molecule has 1 unspecified atom stereocenters. The molecule has 1 amide bonds. The van der Waals surface area contributed by atoms with Gasteiger partial charge in [0.05, 0.1) is 0 Å². The zero-order valence-electron chi connectivity index (χ0n) is 16.2. The van der Waals surface area contributed by atoms with Gasteiger partial charge in [-0.1, -0.05) is 42.5 Å². The number of aromatic nitrogens is 1. The van der Waals surface area contributed by atoms with Crippen LogP contribution in [-0.2, 0) is 14.3 Å². The summed E-state index contributed by atoms with van der Waals surface area (Å²) in [7, 11) is 0. The Kier molecular flexibility index (Phi) is 5.84. The van der Waals surface area contributed by atoms with Gasteiger partial charge in [-0.25, -0.2) is 14.2 Å². The second kappa shape index (κ2) is 9.04. The number of esters is 1. The number of carbonyl (C=O) groups excluding carboxylic acids is 2. The molecule has 1 aromatic heterocycles. The van der Waals surface area contributed by atoms with Crippen molar-refractivity contribution in [2.24, 2.45) is 0 Å². The van der Waals surface area contributed by atoms with Gasteiger partial charge in [-0.05, 0) is 36.4 Å². The lowest BCUT2D eigenvalue weighted by Gasteiger charge is -2.17. The fraction of sp³-hybridized carbons (Fsp3) is 0.0417. The van der Waals surface area contributed by atoms with Crippen LogP contribution in [0, 0.1) is 5.82 Å². The molecule has 1 N–H and O–H groups in total. The van der Waals surface area contributed by atoms with Crippen LogP contribution in [0.1, 0.15) is 17.6 Å². The van der Waals surface area contributed by atoms with Crippen molar-refractivity contribution in [2.45, 2.75) is 6.10 Å². The molecule has 0 saturated heterocycles. The molecule has 0 aliphatic carbocycles. The van der Waals surface area contributed by atoms with Crippen LogP contribution >= 0.6 is 0 Å². The highest BCUT2D eigenvalue weighted by atomic mass is 19.1. The average Bonchev–Trinajstić information content (AvgIpc) is 3.21. The highest BCUT2D eigenvalue weighted by Gasteiger charge is 2.24. The van der Waals surface area contributed by atoms with Crippen LogP contribution < -0.4 is 5.32 Å². The number of halogens is 1. The van der Waals surface area contributed by atoms with Gasteiger partial charge >= 0.3 is 5.97 Å². The van der Waals surface area contributed by atoms with Crippen molar-refractivity contribution in [1.82, 2.24) is 4.98 Å². The van der Waals surface area contributed by atoms with Crippen LogP contribution in [0.5, 0.6) is 0 Å². The number of fused-ring (bicyclic) bond motifs is 1. The number of para-hydroxylation sites is 2. The highest BCUT2D eigenvalue weighted by molar-refractivity contribution is 5.97. The van der Waals surface area contributed by atoms with Crippen LogP contribution in [0.3, 0.4) is 0 Å². The average molecular weight is 416 g/mol. The summed E-state index contributed by atoms with van der Waals surface area (Å²) >= 11 is 0. The third kappa shape index (κ3) is 5.02. The minimum absolute atomic E-state index is 0.241. The van der Waals surface area contributed by atoms with Crippen molar-refractivity contribution in [3.05, 3.63) is 102 Å². The first-order chi connectivity index (χ1) is 15.1. The molecule has 6 nitrogen and oxygen atoms in total. The molecule has 1 atom stereocenters. The van der Waals surface area contributed by atoms with Gasteiger partial charge < -0.3 is 14.5 Å². The monoisotopic (exact) mass is 416 g/mol. The Morgan fingerprint density at radius 2 is 1.68 bits per heavy atom. The smallest absolute Gasteiger partial charge is 0.332 e. The maximum atomic E-state index is 13.1. The largest absolute Gasteiger partial charge is 0.444 e. The predicted octanol–water partition coefficient (Wildman–Crippen LogP) is 4.90. The maximum absolute atomic E-state index is 13.1. The van der Waals surface area contributed by atoms with Crippen molar-refractivity contribution in [2.75, 3.05) is 5.32 Å². The zero-order valence-corrected chi connectivity index (χ0v) is 16.2. The molecule has 31 heavy (non-hydrogen) atoms. The van der Waals surface area contributed by atoms with Gasteiger partial charge in [-0.15, -0.1) is 0 Å². The minimum atomic E-state index is -1.20. The first-order valence-corrected chi connectivity index (χ1v) is 9.44. The molecule has 3 aromatic carbocycles. The van der Waals surface area contributed by atoms with Gasteiger partial charge in [0, 0.05) is 23.4 Å². The Bertz CT molecular complexity index is 1200. The fourth-order valence-corrected chi connectivity index (χ4v) is 2.90. The fourth-order valence-electron chi connectivity index (χ4n) is 2.90. The molecular weight excluding hydrogens is 399 g/mol. The van der Waals surface area contributed by atoms with Gasteiger partial charge in [0.15, 0.2) is 5.58 Å². The Labute approximate surface area is 177 Å². The Hall–Kier alpha value is -4.26. The van der Waals surface area contributed by atoms with Gasteiger partial charge in [-0.3, -0.25) is 4.79 Å². The maximum Gasteiger partial charge on any atom is 0.332 e. The van der Waals surface area contributed by atoms with E-state index in [4.69, 9.17) is 9.15 Å². The van der Waals surface area contributed by atoms with E-state index in [-0.39, 0.29) is 5.89 Å². The number of hydrogen-bond donors (Lipinski definition) is 1. The standard InChI is InChI=1S/C24H17FN2O4/c25-17-10-12-18(13-11-17)26-24(29)23(16-6-2-1-3-7-16)31-22(28)15-14-21-27-19-8-4-5-9-20(19)30-21/h1-15,23H,(H,26,29)/b15-14+. The first-order valence-electron chi connectivity index (χ1n) is 9.44. The normalized spacial score (nSPS) is 12.0. The Morgan fingerprint density at radius 3 is 2.42 bits per heavy atom. The molecular formula is C24H17FN2O4. The lowest BCUT2D eigenvalue weighted by atomic mass is 10.1. The molecule has 1 heterocycles. The van der Waals surface area contributed by atoms with Crippen LogP contribution in [0.2, 0.25) is 0 Å². The van der Waals surface area contributed by atoms with Gasteiger partial charge in [0.25, 0.3) is 5.91 Å². The van der Waals surface area contributed by atoms with Gasteiger partial charge in [0.2, 0.25) is 12.0 Å². The van der Waals surface area contributed by atoms with Crippen LogP contribution in [0.25, 0.3) is 17.2 Å². The molecule has 4 aromatic rings. The van der Waals surface area contributed by atoms with E-state index in [0.29, 0.717) is 22.4 Å². The molecule has 4 rings (SSSR count). The zero-order chi connectivity index (χ0) is 21.6. The van der Waals surface area contributed by atoms with E-state index in [1.165, 1.54) is 30.3 Å². The topological polar surface area (TPSA) is 81.4 Å². The Morgan fingerprint density at radius 1 is 0.968 bits per heavy atom. The van der Waals surface area contributed by atoms with E-state index >= 15 is 0 Å². The summed E-state index contributed by atoms with van der Waals surface area (Å²) in [5, 5.41) is 2.63. The van der Waals surface area contributed by atoms with E-state index in [1.807, 2.05) is 12.1 Å². The summed E-state index contributed by atoms with van der Waals surface area (Å²) in [6, 6.07) is 21.1. The van der Waals surface area contributed by atoms with Crippen molar-refractivity contribution in [1.29, 1.82) is 0 Å². The van der Waals surface area contributed by atoms with E-state index in [1.54, 1.807) is 42.5 Å². The molecule has 154 valence electrons. The summed E-state index contributed by atoms with van der Waals surface area (Å²) in [5.74, 6) is -1.50. The summed E-state index contributed by atoms with van der Waals surface area (Å²) in [4.78, 5) is 29.4. The molecule has 0 aliphatic rings. The molecule has 7 heteroatoms. The molecule has 0 radical (unpaired) electrons. The van der Waals surface area contributed by atoms with Crippen molar-refractivity contribution in [3.8, 4) is 0 Å². The summed E-state index contributed by atoms with van der Waals surface area (Å²) < 4.78 is 24.0. The minimum Gasteiger partial charge on any atom is -0.444 e. The van der Waals surface area contributed by atoms with Crippen molar-refractivity contribution >= 4 is 34.7 Å².